The van der Waals surface area contributed by atoms with E-state index in [1.807, 2.05) is 0 Å². The van der Waals surface area contributed by atoms with Crippen molar-refractivity contribution in [2.75, 3.05) is 19.6 Å². The lowest BCUT2D eigenvalue weighted by Gasteiger charge is -2.33. The Labute approximate surface area is 760 Å². The second-order valence-electron chi connectivity index (χ2n) is 35.6. The molecule has 0 radical (unpaired) electrons. The van der Waals surface area contributed by atoms with E-state index < -0.39 is 10.8 Å². The molecule has 28 rings (SSSR count). The molecule has 1 atom stereocenters. The van der Waals surface area contributed by atoms with Crippen LogP contribution in [0.15, 0.2) is 454 Å². The minimum Gasteiger partial charge on any atom is -0.455 e. The lowest BCUT2D eigenvalue weighted by Crippen LogP contribution is -2.26. The normalized spacial score (nSPS) is 13.9. The minimum atomic E-state index is -1.06. The summed E-state index contributed by atoms with van der Waals surface area (Å²) < 4.78 is 31.4. The molecule has 618 valence electrons. The van der Waals surface area contributed by atoms with Crippen molar-refractivity contribution in [1.82, 2.24) is 0 Å². The van der Waals surface area contributed by atoms with Crippen LogP contribution in [0.2, 0.25) is 0 Å². The minimum absolute atomic E-state index is 0.741. The summed E-state index contributed by atoms with van der Waals surface area (Å²) in [4.78, 5) is 9.73. The van der Waals surface area contributed by atoms with Crippen molar-refractivity contribution in [3.63, 3.8) is 0 Å². The molecular weight excluding hydrogens is 1610 g/mol. The van der Waals surface area contributed by atoms with Crippen molar-refractivity contribution < 1.29 is 17.7 Å². The topological polar surface area (TPSA) is 65.5 Å². The van der Waals surface area contributed by atoms with Gasteiger partial charge in [-0.15, -0.1) is 0 Å². The number of aryl methyl sites for hydroxylation is 2. The molecule has 4 aliphatic rings. The van der Waals surface area contributed by atoms with Crippen LogP contribution in [0.25, 0.3) is 143 Å². The fourth-order valence-corrected chi connectivity index (χ4v) is 23.6. The zero-order chi connectivity index (χ0) is 86.8. The van der Waals surface area contributed by atoms with Gasteiger partial charge >= 0.3 is 0 Å². The van der Waals surface area contributed by atoms with Gasteiger partial charge in [-0.25, -0.2) is 0 Å². The lowest BCUT2D eigenvalue weighted by atomic mass is 9.70. The Hall–Kier alpha value is -17.2. The predicted molar refractivity (Wildman–Crippen MR) is 542 cm³/mol. The molecule has 0 amide bonds. The molecule has 1 unspecified atom stereocenters. The number of rotatable bonds is 13. The van der Waals surface area contributed by atoms with E-state index in [1.165, 1.54) is 22.3 Å². The molecule has 4 aromatic heterocycles. The van der Waals surface area contributed by atoms with Crippen LogP contribution in [0.4, 0.5) is 68.2 Å². The van der Waals surface area contributed by atoms with Gasteiger partial charge in [0.25, 0.3) is 0 Å². The quantitative estimate of drug-likeness (QED) is 0.113. The third kappa shape index (κ3) is 10.2. The molecule has 24 aromatic rings. The first kappa shape index (κ1) is 73.9. The molecule has 0 N–H and O–H groups in total. The summed E-state index contributed by atoms with van der Waals surface area (Å²) in [6.45, 7) is 4.37. The summed E-state index contributed by atoms with van der Waals surface area (Å²) in [6, 6.07) is 160. The maximum Gasteiger partial charge on any atom is 0.160 e. The van der Waals surface area contributed by atoms with E-state index in [2.05, 4.69) is 470 Å². The van der Waals surface area contributed by atoms with E-state index in [1.54, 1.807) is 0 Å². The summed E-state index contributed by atoms with van der Waals surface area (Å²) >= 11 is 0. The number of furan rings is 4. The summed E-state index contributed by atoms with van der Waals surface area (Å²) in [5.41, 5.74) is 38.5. The van der Waals surface area contributed by atoms with Gasteiger partial charge in [0.15, 0.2) is 11.2 Å². The number of hydrogen-bond donors (Lipinski definition) is 0. The fraction of sp³-hybridized carbons (Fsp3) is 0.0323. The van der Waals surface area contributed by atoms with Crippen molar-refractivity contribution in [2.45, 2.75) is 24.7 Å². The molecule has 4 aliphatic carbocycles. The van der Waals surface area contributed by atoms with Crippen LogP contribution in [-0.2, 0) is 10.8 Å². The van der Waals surface area contributed by atoms with E-state index in [4.69, 9.17) is 17.7 Å². The van der Waals surface area contributed by atoms with Crippen molar-refractivity contribution in [2.24, 2.45) is 0 Å². The molecule has 0 fully saturated rings. The number of hydrogen-bond acceptors (Lipinski definition) is 8. The number of benzene rings is 20. The SMILES string of the molecule is Cc1cccc(N(c2ccccc2)c2cc3c(c4c2oc2ccccc24)-c2c(cc(N(c4ccccc4)c4cccc(C)c4)c4c2oc2ccccc24)C32c3ccccc3-c3c(-c4ccc5c(c4)oc4c(N(c6ccccc6)c6ccccc6)cc6c(c45)-c4c(cc(N(c5ccccc5)c5ccccc5)c5c4oc4ccccc45)C64c5ccccc5-c5ccccc54)cccc32)c1. The number of nitrogens with zero attached hydrogens (tertiary/aromatic N) is 4. The van der Waals surface area contributed by atoms with Gasteiger partial charge in [-0.05, 0) is 255 Å². The van der Waals surface area contributed by atoms with Crippen LogP contribution in [0.1, 0.15) is 55.6 Å². The first-order valence-electron chi connectivity index (χ1n) is 45.4. The molecule has 4 heterocycles. The maximum absolute atomic E-state index is 8.18. The first-order valence-corrected chi connectivity index (χ1v) is 45.4. The highest BCUT2D eigenvalue weighted by atomic mass is 16.3. The van der Waals surface area contributed by atoms with Crippen LogP contribution in [0, 0.1) is 13.8 Å². The standard InChI is InChI=1S/C124H78N4O4/c1-75-36-33-50-84(68-75)127(82-46-17-7-18-47-82)103-72-101-118(122-112(103)91-56-25-31-64-107(91)131-122)116-99(74-105(119-113(116)92-57-26-32-65-108(92)129-119)128(83-48-19-8-20-49-83)85-51-34-37-76(2)69-85)124(101)96-61-29-23-54-89(96)110-86(58-35-62-97(110)124)77-66-67-93-109(70-77)132-120-104(126(80-42-13-5-14-43-80)81-44-15-6-16-45-81)73-98-115(114(93)120)117-100(123(98)94-59-27-21-52-87(94)88-53-22-28-60-95(88)123)71-102(111-90-55-24-30-63-106(90)130-121(111)117)125(78-38-9-3-10-39-78)79-40-11-4-12-41-79/h3-74H,1-2H3. The average molecular weight is 1690 g/mol. The van der Waals surface area contributed by atoms with Gasteiger partial charge in [-0.1, -0.05) is 285 Å². The molecule has 0 saturated heterocycles. The average Bonchev–Trinajstić information content (AvgIpc) is 1.48. The van der Waals surface area contributed by atoms with Gasteiger partial charge in [0.1, 0.15) is 33.5 Å². The van der Waals surface area contributed by atoms with Crippen LogP contribution in [0.5, 0.6) is 0 Å². The van der Waals surface area contributed by atoms with Gasteiger partial charge in [0, 0.05) is 100 Å². The highest BCUT2D eigenvalue weighted by molar-refractivity contribution is 6.29. The highest BCUT2D eigenvalue weighted by Crippen LogP contribution is 2.72. The molecule has 8 nitrogen and oxygen atoms in total. The van der Waals surface area contributed by atoms with Crippen LogP contribution in [0.3, 0.4) is 0 Å². The number of fused-ring (bicyclic) bond motifs is 36. The Kier molecular flexibility index (Phi) is 15.8. The van der Waals surface area contributed by atoms with Gasteiger partial charge in [-0.3, -0.25) is 0 Å². The van der Waals surface area contributed by atoms with Gasteiger partial charge in [-0.2, -0.15) is 0 Å². The second kappa shape index (κ2) is 28.1. The highest BCUT2D eigenvalue weighted by Gasteiger charge is 2.58. The molecular formula is C124H78N4O4. The zero-order valence-corrected chi connectivity index (χ0v) is 72.0. The number of anilines is 12. The summed E-state index contributed by atoms with van der Waals surface area (Å²) in [6.07, 6.45) is 0. The van der Waals surface area contributed by atoms with Gasteiger partial charge < -0.3 is 37.3 Å². The van der Waals surface area contributed by atoms with Crippen LogP contribution < -0.4 is 19.6 Å². The summed E-state index contributed by atoms with van der Waals surface area (Å²) in [5.74, 6) is 0. The van der Waals surface area contributed by atoms with Crippen LogP contribution >= 0.6 is 0 Å². The molecule has 0 aliphatic heterocycles. The Morgan fingerprint density at radius 1 is 0.182 bits per heavy atom. The van der Waals surface area contributed by atoms with E-state index in [0.717, 1.165) is 245 Å². The summed E-state index contributed by atoms with van der Waals surface area (Å²) in [7, 11) is 0. The Balaban J connectivity index is 0.762. The first-order chi connectivity index (χ1) is 65.3. The molecule has 132 heavy (non-hydrogen) atoms. The summed E-state index contributed by atoms with van der Waals surface area (Å²) in [5, 5.41) is 8.06. The molecule has 8 heteroatoms. The molecule has 0 bridgehead atoms. The largest absolute Gasteiger partial charge is 0.455 e. The third-order valence-electron chi connectivity index (χ3n) is 28.6. The molecule has 2 spiro atoms. The fourth-order valence-electron chi connectivity index (χ4n) is 23.6. The van der Waals surface area contributed by atoms with Crippen LogP contribution in [-0.4, -0.2) is 0 Å². The van der Waals surface area contributed by atoms with E-state index in [9.17, 15) is 0 Å². The monoisotopic (exact) mass is 1690 g/mol. The lowest BCUT2D eigenvalue weighted by molar-refractivity contribution is 0.668. The van der Waals surface area contributed by atoms with Crippen molar-refractivity contribution in [1.29, 1.82) is 0 Å². The van der Waals surface area contributed by atoms with Gasteiger partial charge in [0.05, 0.1) is 44.4 Å². The Morgan fingerprint density at radius 3 is 0.917 bits per heavy atom. The zero-order valence-electron chi connectivity index (χ0n) is 72.0. The predicted octanol–water partition coefficient (Wildman–Crippen LogP) is 34.1. The van der Waals surface area contributed by atoms with Crippen molar-refractivity contribution in [3.05, 3.63) is 492 Å². The van der Waals surface area contributed by atoms with E-state index >= 15 is 0 Å². The number of para-hydroxylation sites is 9. The second-order valence-corrected chi connectivity index (χ2v) is 35.6. The Morgan fingerprint density at radius 2 is 0.477 bits per heavy atom. The maximum atomic E-state index is 8.18. The van der Waals surface area contributed by atoms with Gasteiger partial charge in [0.2, 0.25) is 0 Å². The third-order valence-corrected chi connectivity index (χ3v) is 28.6. The Bertz CT molecular complexity index is 8840. The van der Waals surface area contributed by atoms with E-state index in [0.29, 0.717) is 0 Å². The molecule has 20 aromatic carbocycles. The van der Waals surface area contributed by atoms with Crippen molar-refractivity contribution >= 4 is 156 Å². The van der Waals surface area contributed by atoms with Crippen molar-refractivity contribution in [3.8, 4) is 55.6 Å². The van der Waals surface area contributed by atoms with E-state index in [-0.39, 0.29) is 0 Å². The molecule has 0 saturated carbocycles. The smallest absolute Gasteiger partial charge is 0.160 e.